The first kappa shape index (κ1) is 14.3. The summed E-state index contributed by atoms with van der Waals surface area (Å²) in [7, 11) is 1.33. The highest BCUT2D eigenvalue weighted by molar-refractivity contribution is 5.59. The molecule has 0 spiro atoms. The third kappa shape index (κ3) is 3.26. The Labute approximate surface area is 116 Å². The Kier molecular flexibility index (Phi) is 4.55. The van der Waals surface area contributed by atoms with Crippen molar-refractivity contribution in [3.8, 4) is 5.75 Å². The van der Waals surface area contributed by atoms with Gasteiger partial charge in [0.1, 0.15) is 0 Å². The largest absolute Gasteiger partial charge is 0.490 e. The minimum Gasteiger partial charge on any atom is -0.490 e. The van der Waals surface area contributed by atoms with Crippen LogP contribution in [0.1, 0.15) is 25.7 Å². The fourth-order valence-corrected chi connectivity index (χ4v) is 2.31. The van der Waals surface area contributed by atoms with Gasteiger partial charge in [-0.05, 0) is 25.7 Å². The molecule has 6 heteroatoms. The molecular weight excluding hydrogens is 263 g/mol. The second kappa shape index (κ2) is 6.36. The maximum atomic E-state index is 13.8. The highest BCUT2D eigenvalue weighted by atomic mass is 19.1. The Morgan fingerprint density at radius 2 is 2.30 bits per heavy atom. The van der Waals surface area contributed by atoms with Crippen molar-refractivity contribution >= 4 is 11.4 Å². The average molecular weight is 280 g/mol. The second-order valence-corrected chi connectivity index (χ2v) is 4.69. The van der Waals surface area contributed by atoms with E-state index in [0.717, 1.165) is 25.3 Å². The molecule has 0 heterocycles. The zero-order chi connectivity index (χ0) is 14.5. The number of hydrogen-bond acceptors (Lipinski definition) is 4. The summed E-state index contributed by atoms with van der Waals surface area (Å²) in [5, 5.41) is 13.7. The van der Waals surface area contributed by atoms with Gasteiger partial charge in [0.2, 0.25) is 0 Å². The van der Waals surface area contributed by atoms with E-state index in [1.807, 2.05) is 0 Å². The van der Waals surface area contributed by atoms with E-state index in [0.29, 0.717) is 6.54 Å². The second-order valence-electron chi connectivity index (χ2n) is 4.69. The Bertz CT molecular complexity index is 543. The predicted molar refractivity (Wildman–Crippen MR) is 74.6 cm³/mol. The molecule has 0 aliphatic heterocycles. The molecular formula is C14H17FN2O3. The van der Waals surface area contributed by atoms with Crippen LogP contribution in [0.15, 0.2) is 23.8 Å². The van der Waals surface area contributed by atoms with Crippen molar-refractivity contribution in [1.82, 2.24) is 0 Å². The van der Waals surface area contributed by atoms with E-state index in [4.69, 9.17) is 4.74 Å². The number of anilines is 1. The number of nitro groups is 1. The summed E-state index contributed by atoms with van der Waals surface area (Å²) in [6, 6.07) is 2.21. The van der Waals surface area contributed by atoms with Gasteiger partial charge in [0.05, 0.1) is 23.8 Å². The minimum atomic E-state index is -0.658. The fourth-order valence-electron chi connectivity index (χ4n) is 2.31. The quantitative estimate of drug-likeness (QED) is 0.490. The first-order chi connectivity index (χ1) is 9.61. The number of nitrogens with zero attached hydrogens (tertiary/aromatic N) is 1. The van der Waals surface area contributed by atoms with E-state index in [2.05, 4.69) is 11.4 Å². The van der Waals surface area contributed by atoms with E-state index in [1.54, 1.807) is 0 Å². The third-order valence-corrected chi connectivity index (χ3v) is 3.36. The van der Waals surface area contributed by atoms with Gasteiger partial charge in [0.25, 0.3) is 0 Å². The lowest BCUT2D eigenvalue weighted by molar-refractivity contribution is -0.385. The van der Waals surface area contributed by atoms with E-state index < -0.39 is 10.7 Å². The number of nitrogens with one attached hydrogen (secondary N) is 1. The molecule has 0 saturated carbocycles. The molecule has 108 valence electrons. The molecule has 0 amide bonds. The number of rotatable bonds is 6. The van der Waals surface area contributed by atoms with E-state index in [1.165, 1.54) is 25.2 Å². The van der Waals surface area contributed by atoms with Crippen molar-refractivity contribution in [2.75, 3.05) is 19.0 Å². The molecule has 0 saturated heterocycles. The van der Waals surface area contributed by atoms with E-state index >= 15 is 0 Å². The smallest absolute Gasteiger partial charge is 0.313 e. The lowest BCUT2D eigenvalue weighted by atomic mass is 10.1. The summed E-state index contributed by atoms with van der Waals surface area (Å²) in [4.78, 5) is 10.1. The molecule has 5 nitrogen and oxygen atoms in total. The summed E-state index contributed by atoms with van der Waals surface area (Å²) >= 11 is 0. The molecule has 1 aromatic carbocycles. The van der Waals surface area contributed by atoms with Crippen molar-refractivity contribution in [1.29, 1.82) is 0 Å². The molecule has 0 fully saturated rings. The van der Waals surface area contributed by atoms with Crippen molar-refractivity contribution in [3.63, 3.8) is 0 Å². The molecule has 0 unspecified atom stereocenters. The summed E-state index contributed by atoms with van der Waals surface area (Å²) in [5.74, 6) is -0.586. The van der Waals surface area contributed by atoms with Crippen molar-refractivity contribution < 1.29 is 14.1 Å². The molecule has 0 bridgehead atoms. The molecule has 0 radical (unpaired) electrons. The first-order valence-electron chi connectivity index (χ1n) is 6.55. The molecule has 1 aliphatic carbocycles. The van der Waals surface area contributed by atoms with Crippen LogP contribution in [0.4, 0.5) is 15.8 Å². The number of allylic oxidation sites excluding steroid dienone is 1. The predicted octanol–water partition coefficient (Wildman–Crippen LogP) is 3.65. The Balaban J connectivity index is 2.05. The van der Waals surface area contributed by atoms with Crippen LogP contribution in [0.5, 0.6) is 5.75 Å². The van der Waals surface area contributed by atoms with Crippen LogP contribution in [0.25, 0.3) is 0 Å². The highest BCUT2D eigenvalue weighted by Gasteiger charge is 2.19. The van der Waals surface area contributed by atoms with Gasteiger partial charge >= 0.3 is 5.69 Å². The SMILES string of the molecule is COc1cc(NCCC2=CCCC2)c(F)cc1[N+](=O)[O-]. The highest BCUT2D eigenvalue weighted by Crippen LogP contribution is 2.32. The summed E-state index contributed by atoms with van der Waals surface area (Å²) in [6.07, 6.45) is 6.49. The summed E-state index contributed by atoms with van der Waals surface area (Å²) < 4.78 is 18.7. The van der Waals surface area contributed by atoms with Gasteiger partial charge in [0.15, 0.2) is 11.6 Å². The zero-order valence-corrected chi connectivity index (χ0v) is 11.3. The monoisotopic (exact) mass is 280 g/mol. The minimum absolute atomic E-state index is 0.0546. The van der Waals surface area contributed by atoms with Crippen molar-refractivity contribution in [2.24, 2.45) is 0 Å². The van der Waals surface area contributed by atoms with E-state index in [-0.39, 0.29) is 17.1 Å². The summed E-state index contributed by atoms with van der Waals surface area (Å²) in [5.41, 5.74) is 1.24. The Morgan fingerprint density at radius 1 is 1.50 bits per heavy atom. The standard InChI is InChI=1S/C14H17FN2O3/c1-20-14-9-12(11(15)8-13(14)17(18)19)16-7-6-10-4-2-3-5-10/h4,8-9,16H,2-3,5-7H2,1H3. The van der Waals surface area contributed by atoms with Crippen LogP contribution in [0.2, 0.25) is 0 Å². The van der Waals surface area contributed by atoms with Gasteiger partial charge in [0, 0.05) is 12.6 Å². The lowest BCUT2D eigenvalue weighted by Gasteiger charge is -2.10. The van der Waals surface area contributed by atoms with Crippen molar-refractivity contribution in [2.45, 2.75) is 25.7 Å². The van der Waals surface area contributed by atoms with Crippen LogP contribution in [0, 0.1) is 15.9 Å². The lowest BCUT2D eigenvalue weighted by Crippen LogP contribution is -2.05. The van der Waals surface area contributed by atoms with Crippen LogP contribution in [0.3, 0.4) is 0 Å². The normalized spacial score (nSPS) is 14.0. The third-order valence-electron chi connectivity index (χ3n) is 3.36. The van der Waals surface area contributed by atoms with Gasteiger partial charge in [-0.25, -0.2) is 4.39 Å². The molecule has 2 rings (SSSR count). The maximum Gasteiger partial charge on any atom is 0.313 e. The van der Waals surface area contributed by atoms with Crippen LogP contribution in [-0.4, -0.2) is 18.6 Å². The number of hydrogen-bond donors (Lipinski definition) is 1. The molecule has 0 atom stereocenters. The number of methoxy groups -OCH3 is 1. The van der Waals surface area contributed by atoms with Crippen molar-refractivity contribution in [3.05, 3.63) is 39.7 Å². The Hall–Kier alpha value is -2.11. The van der Waals surface area contributed by atoms with Gasteiger partial charge < -0.3 is 10.1 Å². The van der Waals surface area contributed by atoms with Crippen LogP contribution in [-0.2, 0) is 0 Å². The number of nitro benzene ring substituents is 1. The number of halogens is 1. The van der Waals surface area contributed by atoms with Gasteiger partial charge in [-0.2, -0.15) is 0 Å². The van der Waals surface area contributed by atoms with Crippen LogP contribution < -0.4 is 10.1 Å². The van der Waals surface area contributed by atoms with Gasteiger partial charge in [-0.3, -0.25) is 10.1 Å². The molecule has 1 aliphatic rings. The number of benzene rings is 1. The summed E-state index contributed by atoms with van der Waals surface area (Å²) in [6.45, 7) is 0.601. The number of ether oxygens (including phenoxy) is 1. The molecule has 1 N–H and O–H groups in total. The topological polar surface area (TPSA) is 64.4 Å². The molecule has 0 aromatic heterocycles. The van der Waals surface area contributed by atoms with E-state index in [9.17, 15) is 14.5 Å². The average Bonchev–Trinajstić information content (AvgIpc) is 2.93. The molecule has 1 aromatic rings. The maximum absolute atomic E-state index is 13.8. The Morgan fingerprint density at radius 3 is 2.90 bits per heavy atom. The van der Waals surface area contributed by atoms with Gasteiger partial charge in [-0.15, -0.1) is 0 Å². The van der Waals surface area contributed by atoms with Gasteiger partial charge in [-0.1, -0.05) is 11.6 Å². The molecule has 20 heavy (non-hydrogen) atoms. The zero-order valence-electron chi connectivity index (χ0n) is 11.3. The fraction of sp³-hybridized carbons (Fsp3) is 0.429. The van der Waals surface area contributed by atoms with Crippen LogP contribution >= 0.6 is 0 Å². The first-order valence-corrected chi connectivity index (χ1v) is 6.55.